The van der Waals surface area contributed by atoms with Gasteiger partial charge in [0.25, 0.3) is 11.4 Å². The Balaban J connectivity index is 0.000000324. The van der Waals surface area contributed by atoms with Crippen LogP contribution in [0.5, 0.6) is 17.2 Å². The van der Waals surface area contributed by atoms with Gasteiger partial charge in [-0.05, 0) is 193 Å². The van der Waals surface area contributed by atoms with Crippen LogP contribution < -0.4 is 53.1 Å². The number of anilines is 3. The predicted molar refractivity (Wildman–Crippen MR) is 310 cm³/mol. The van der Waals surface area contributed by atoms with Gasteiger partial charge in [0.05, 0.1) is 52.9 Å². The summed E-state index contributed by atoms with van der Waals surface area (Å²) in [5.74, 6) is 3.67. The van der Waals surface area contributed by atoms with E-state index in [0.29, 0.717) is 46.2 Å². The quantitative estimate of drug-likeness (QED) is 0.0309. The molecule has 0 atom stereocenters. The molecule has 0 bridgehead atoms. The summed E-state index contributed by atoms with van der Waals surface area (Å²) in [6, 6.07) is 17.1. The molecule has 76 heavy (non-hydrogen) atoms. The van der Waals surface area contributed by atoms with Crippen LogP contribution in [0.25, 0.3) is 0 Å². The summed E-state index contributed by atoms with van der Waals surface area (Å²) in [4.78, 5) is 41.2. The van der Waals surface area contributed by atoms with E-state index >= 15 is 0 Å². The molecule has 4 aliphatic carbocycles. The Morgan fingerprint density at radius 2 is 0.974 bits per heavy atom. The van der Waals surface area contributed by atoms with E-state index in [2.05, 4.69) is 45.7 Å². The molecule has 4 saturated carbocycles. The van der Waals surface area contributed by atoms with Gasteiger partial charge in [-0.3, -0.25) is 25.0 Å². The number of nitro groups is 2. The zero-order valence-electron chi connectivity index (χ0n) is 45.8. The monoisotopic (exact) mass is 1170 g/mol. The van der Waals surface area contributed by atoms with Crippen molar-refractivity contribution >= 4 is 78.9 Å². The molecule has 22 heteroatoms. The van der Waals surface area contributed by atoms with Gasteiger partial charge in [-0.15, -0.1) is 11.6 Å². The number of rotatable bonds is 11. The lowest BCUT2D eigenvalue weighted by Crippen LogP contribution is -2.42. The molecular weight excluding hydrogens is 1090 g/mol. The van der Waals surface area contributed by atoms with Crippen LogP contribution in [0.1, 0.15) is 137 Å². The molecule has 428 valence electrons. The summed E-state index contributed by atoms with van der Waals surface area (Å²) in [7, 11) is 4.78. The second kappa shape index (κ2) is 35.5. The minimum atomic E-state index is -0.508. The maximum absolute atomic E-state index is 11.4. The van der Waals surface area contributed by atoms with Crippen LogP contribution >= 0.6 is 39.1 Å². The van der Waals surface area contributed by atoms with Crippen LogP contribution in [-0.4, -0.2) is 90.2 Å². The zero-order valence-corrected chi connectivity index (χ0v) is 48.9. The number of carbonyl (C=O) groups excluding carboxylic acids is 2. The van der Waals surface area contributed by atoms with Gasteiger partial charge in [0.1, 0.15) is 22.8 Å². The number of amides is 1. The number of hydrogen-bond acceptors (Lipinski definition) is 16. The fraction of sp³-hybridized carbons (Fsp3) is 0.630. The summed E-state index contributed by atoms with van der Waals surface area (Å²) < 4.78 is 21.3. The Kier molecular flexibility index (Phi) is 31.4. The number of non-ortho nitro benzene ring substituents is 2. The summed E-state index contributed by atoms with van der Waals surface area (Å²) in [5, 5.41) is 30.4. The van der Waals surface area contributed by atoms with E-state index in [1.165, 1.54) is 63.8 Å². The van der Waals surface area contributed by atoms with Crippen molar-refractivity contribution in [1.82, 2.24) is 5.32 Å². The van der Waals surface area contributed by atoms with Crippen molar-refractivity contribution in [1.29, 1.82) is 0 Å². The number of nitrogen functional groups attached to an aromatic ring is 1. The molecule has 0 aromatic heterocycles. The molecule has 0 spiro atoms. The first-order chi connectivity index (χ1) is 35.9. The van der Waals surface area contributed by atoms with E-state index in [1.807, 2.05) is 39.0 Å². The fourth-order valence-corrected chi connectivity index (χ4v) is 9.19. The molecule has 11 N–H and O–H groups in total. The molecule has 0 aliphatic heterocycles. The number of alkyl carbamates (subject to hydrolysis) is 1. The zero-order chi connectivity index (χ0) is 57.0. The largest absolute Gasteiger partial charge is 0.496 e. The standard InChI is InChI=1S/C14H20N2O3.C14H22N2O.C11H22N2O2.C7H6BrNO3.C6H14N2.C2H2Cl2O/c1-10-3-5-11(6-4-10)15-13-9-12(16(17)18)7-8-14(13)19-2;1-10-3-6-12(7-4-10)16-13-9-11(15)5-8-14(13)17-2;1-11(2,3)15-10(14)13-9-6-4-8(12)5-7-9;1-12-7-3-2-5(9(10)11)4-6(7)8;7-5-1-2-6(8)4-3-5;3-1-2(4)5/h7-11,15H,3-6H2,1-2H3;5,8-10,12,16H,3-4,6-7,15H2,1-2H3;8-9H,4-7,12H2,1-3H3,(H,13,14);2-4H,1H3;5-6H,1-4,7-8H2;1H2. The van der Waals surface area contributed by atoms with Crippen LogP contribution in [0.2, 0.25) is 0 Å². The van der Waals surface area contributed by atoms with Crippen LogP contribution in [0, 0.1) is 32.1 Å². The Morgan fingerprint density at radius 1 is 0.618 bits per heavy atom. The molecule has 0 saturated heterocycles. The van der Waals surface area contributed by atoms with Crippen molar-refractivity contribution < 1.29 is 38.4 Å². The molecule has 0 radical (unpaired) electrons. The third-order valence-electron chi connectivity index (χ3n) is 13.1. The molecule has 4 fully saturated rings. The highest BCUT2D eigenvalue weighted by molar-refractivity contribution is 9.10. The van der Waals surface area contributed by atoms with Gasteiger partial charge in [0.15, 0.2) is 0 Å². The van der Waals surface area contributed by atoms with E-state index in [4.69, 9.17) is 65.1 Å². The van der Waals surface area contributed by atoms with Crippen molar-refractivity contribution in [2.75, 3.05) is 43.6 Å². The first-order valence-electron chi connectivity index (χ1n) is 26.1. The number of methoxy groups -OCH3 is 3. The van der Waals surface area contributed by atoms with Gasteiger partial charge in [0, 0.05) is 66.2 Å². The Bertz CT molecular complexity index is 2190. The van der Waals surface area contributed by atoms with E-state index in [0.717, 1.165) is 98.9 Å². The SMILES string of the molecule is CC(C)(C)OC(=O)NC1CCC(N)CC1.COc1ccc(N)cc1NC1CCC(C)CC1.COc1ccc([N+](=O)[O-])cc1Br.COc1ccc([N+](=O)[O-])cc1NC1CCC(C)CC1.NC1CCC(N)CC1.O=C(Cl)CCl. The first kappa shape index (κ1) is 67.3. The van der Waals surface area contributed by atoms with E-state index < -0.39 is 15.8 Å². The molecule has 7 rings (SSSR count). The predicted octanol–water partition coefficient (Wildman–Crippen LogP) is 12.2. The number of carbonyl (C=O) groups is 2. The Hall–Kier alpha value is -4.86. The lowest BCUT2D eigenvalue weighted by Gasteiger charge is -2.28. The number of halogens is 3. The molecule has 4 aliphatic rings. The van der Waals surface area contributed by atoms with Crippen LogP contribution in [0.15, 0.2) is 59.1 Å². The first-order valence-corrected chi connectivity index (χ1v) is 27.8. The van der Waals surface area contributed by atoms with Crippen LogP contribution in [-0.2, 0) is 9.53 Å². The molecule has 0 unspecified atom stereocenters. The number of ether oxygens (including phenoxy) is 4. The highest BCUT2D eigenvalue weighted by atomic mass is 79.9. The molecule has 3 aromatic carbocycles. The number of benzene rings is 3. The number of alkyl halides is 1. The van der Waals surface area contributed by atoms with E-state index in [9.17, 15) is 29.8 Å². The average molecular weight is 1170 g/mol. The van der Waals surface area contributed by atoms with E-state index in [1.54, 1.807) is 32.4 Å². The van der Waals surface area contributed by atoms with E-state index in [-0.39, 0.29) is 34.3 Å². The summed E-state index contributed by atoms with van der Waals surface area (Å²) in [5.41, 5.74) is 25.1. The number of nitro benzene ring substituents is 2. The van der Waals surface area contributed by atoms with Gasteiger partial charge in [-0.1, -0.05) is 13.8 Å². The lowest BCUT2D eigenvalue weighted by atomic mass is 9.87. The van der Waals surface area contributed by atoms with Crippen molar-refractivity contribution in [3.05, 3.63) is 79.3 Å². The van der Waals surface area contributed by atoms with Crippen molar-refractivity contribution in [3.8, 4) is 17.2 Å². The van der Waals surface area contributed by atoms with Crippen LogP contribution in [0.4, 0.5) is 33.2 Å². The van der Waals surface area contributed by atoms with Crippen molar-refractivity contribution in [2.24, 2.45) is 29.0 Å². The summed E-state index contributed by atoms with van der Waals surface area (Å²) in [6.45, 7) is 10.2. The van der Waals surface area contributed by atoms with Gasteiger partial charge < -0.3 is 57.8 Å². The molecule has 3 aromatic rings. The second-order valence-electron chi connectivity index (χ2n) is 20.8. The van der Waals surface area contributed by atoms with Crippen molar-refractivity contribution in [2.45, 2.75) is 179 Å². The van der Waals surface area contributed by atoms with Gasteiger partial charge in [0.2, 0.25) is 5.24 Å². The normalized spacial score (nSPS) is 22.7. The third-order valence-corrected chi connectivity index (χ3v) is 14.3. The minimum absolute atomic E-state index is 0.0441. The second-order valence-corrected chi connectivity index (χ2v) is 22.3. The maximum atomic E-state index is 11.4. The molecule has 19 nitrogen and oxygen atoms in total. The minimum Gasteiger partial charge on any atom is -0.496 e. The lowest BCUT2D eigenvalue weighted by molar-refractivity contribution is -0.385. The highest BCUT2D eigenvalue weighted by Crippen LogP contribution is 2.34. The van der Waals surface area contributed by atoms with Crippen molar-refractivity contribution in [3.63, 3.8) is 0 Å². The highest BCUT2D eigenvalue weighted by Gasteiger charge is 2.24. The number of hydrogen-bond donors (Lipinski definition) is 7. The topological polar surface area (TPSA) is 298 Å². The molecular formula is C54H86BrCl2N9O10. The molecule has 1 amide bonds. The van der Waals surface area contributed by atoms with Gasteiger partial charge >= 0.3 is 6.09 Å². The summed E-state index contributed by atoms with van der Waals surface area (Å²) >= 11 is 12.7. The number of nitrogens with zero attached hydrogens (tertiary/aromatic N) is 2. The summed E-state index contributed by atoms with van der Waals surface area (Å²) in [6.07, 6.45) is 17.8. The third kappa shape index (κ3) is 28.0. The Labute approximate surface area is 468 Å². The van der Waals surface area contributed by atoms with Gasteiger partial charge in [-0.25, -0.2) is 4.79 Å². The maximum Gasteiger partial charge on any atom is 0.407 e. The molecule has 0 heterocycles. The Morgan fingerprint density at radius 3 is 1.34 bits per heavy atom. The van der Waals surface area contributed by atoms with Gasteiger partial charge in [-0.2, -0.15) is 0 Å². The smallest absolute Gasteiger partial charge is 0.407 e. The fourth-order valence-electron chi connectivity index (χ4n) is 8.66. The van der Waals surface area contributed by atoms with Crippen LogP contribution in [0.3, 0.4) is 0 Å². The number of nitrogens with one attached hydrogen (secondary N) is 3. The average Bonchev–Trinajstić information content (AvgIpc) is 3.37. The number of nitrogens with two attached hydrogens (primary N) is 4.